The minimum atomic E-state index is 0.104. The third-order valence-electron chi connectivity index (χ3n) is 3.73. The molecule has 0 spiro atoms. The van der Waals surface area contributed by atoms with Gasteiger partial charge in [0, 0.05) is 21.3 Å². The SMILES string of the molecule is CC(C)(C)c1csc(C(NC2CC2)c2ccccc2Br)n1. The molecule has 2 nitrogen and oxygen atoms in total. The molecule has 2 aromatic rings. The Morgan fingerprint density at radius 3 is 2.57 bits per heavy atom. The minimum absolute atomic E-state index is 0.104. The van der Waals surface area contributed by atoms with Crippen molar-refractivity contribution in [3.63, 3.8) is 0 Å². The highest BCUT2D eigenvalue weighted by molar-refractivity contribution is 9.10. The highest BCUT2D eigenvalue weighted by Crippen LogP contribution is 2.35. The van der Waals surface area contributed by atoms with Crippen LogP contribution in [0.1, 0.15) is 55.9 Å². The van der Waals surface area contributed by atoms with Gasteiger partial charge in [0.25, 0.3) is 0 Å². The lowest BCUT2D eigenvalue weighted by molar-refractivity contribution is 0.557. The number of hydrogen-bond acceptors (Lipinski definition) is 3. The summed E-state index contributed by atoms with van der Waals surface area (Å²) in [5.74, 6) is 0. The van der Waals surface area contributed by atoms with E-state index in [1.165, 1.54) is 29.1 Å². The van der Waals surface area contributed by atoms with Gasteiger partial charge >= 0.3 is 0 Å². The van der Waals surface area contributed by atoms with Crippen molar-refractivity contribution in [3.05, 3.63) is 50.4 Å². The monoisotopic (exact) mass is 364 g/mol. The third-order valence-corrected chi connectivity index (χ3v) is 5.37. The van der Waals surface area contributed by atoms with E-state index >= 15 is 0 Å². The Balaban J connectivity index is 1.96. The molecule has 3 rings (SSSR count). The Kier molecular flexibility index (Phi) is 4.21. The zero-order valence-electron chi connectivity index (χ0n) is 12.7. The second-order valence-corrected chi connectivity index (χ2v) is 8.46. The van der Waals surface area contributed by atoms with E-state index in [-0.39, 0.29) is 11.5 Å². The first-order valence-corrected chi connectivity index (χ1v) is 9.09. The predicted octanol–water partition coefficient (Wildman–Crippen LogP) is 5.04. The van der Waals surface area contributed by atoms with Crippen LogP contribution < -0.4 is 5.32 Å². The first-order chi connectivity index (χ1) is 9.95. The second kappa shape index (κ2) is 5.82. The molecular weight excluding hydrogens is 344 g/mol. The lowest BCUT2D eigenvalue weighted by Crippen LogP contribution is -2.25. The van der Waals surface area contributed by atoms with Gasteiger partial charge in [-0.05, 0) is 24.5 Å². The Morgan fingerprint density at radius 2 is 2.00 bits per heavy atom. The lowest BCUT2D eigenvalue weighted by atomic mass is 9.93. The van der Waals surface area contributed by atoms with Crippen molar-refractivity contribution in [3.8, 4) is 0 Å². The first kappa shape index (κ1) is 15.2. The molecule has 4 heteroatoms. The minimum Gasteiger partial charge on any atom is -0.301 e. The van der Waals surface area contributed by atoms with E-state index in [1.54, 1.807) is 11.3 Å². The largest absolute Gasteiger partial charge is 0.301 e. The van der Waals surface area contributed by atoms with Crippen molar-refractivity contribution in [1.82, 2.24) is 10.3 Å². The zero-order chi connectivity index (χ0) is 15.0. The average molecular weight is 365 g/mol. The molecule has 1 unspecified atom stereocenters. The average Bonchev–Trinajstić information content (AvgIpc) is 3.09. The summed E-state index contributed by atoms with van der Waals surface area (Å²) in [4.78, 5) is 4.92. The summed E-state index contributed by atoms with van der Waals surface area (Å²) in [5.41, 5.74) is 2.56. The molecule has 1 aromatic carbocycles. The summed E-state index contributed by atoms with van der Waals surface area (Å²) < 4.78 is 1.15. The van der Waals surface area contributed by atoms with Gasteiger partial charge in [0.2, 0.25) is 0 Å². The van der Waals surface area contributed by atoms with E-state index < -0.39 is 0 Å². The van der Waals surface area contributed by atoms with E-state index in [0.717, 1.165) is 4.47 Å². The summed E-state index contributed by atoms with van der Waals surface area (Å²) in [7, 11) is 0. The fraction of sp³-hybridized carbons (Fsp3) is 0.471. The molecular formula is C17H21BrN2S. The van der Waals surface area contributed by atoms with Crippen LogP contribution in [0.2, 0.25) is 0 Å². The van der Waals surface area contributed by atoms with E-state index in [1.807, 2.05) is 0 Å². The molecule has 112 valence electrons. The molecule has 1 saturated carbocycles. The molecule has 21 heavy (non-hydrogen) atoms. The Bertz CT molecular complexity index is 626. The molecule has 0 amide bonds. The number of thiazole rings is 1. The van der Waals surface area contributed by atoms with Crippen molar-refractivity contribution >= 4 is 27.3 Å². The van der Waals surface area contributed by atoms with Crippen LogP contribution in [-0.4, -0.2) is 11.0 Å². The van der Waals surface area contributed by atoms with Gasteiger partial charge in [0.05, 0.1) is 11.7 Å². The summed E-state index contributed by atoms with van der Waals surface area (Å²) in [6.07, 6.45) is 2.55. The fourth-order valence-corrected chi connectivity index (χ4v) is 3.89. The van der Waals surface area contributed by atoms with E-state index in [4.69, 9.17) is 4.98 Å². The Morgan fingerprint density at radius 1 is 1.29 bits per heavy atom. The Hall–Kier alpha value is -0.710. The fourth-order valence-electron chi connectivity index (χ4n) is 2.25. The standard InChI is InChI=1S/C17H21BrN2S/c1-17(2,3)14-10-21-16(20-14)15(19-11-8-9-11)12-6-4-5-7-13(12)18/h4-7,10-11,15,19H,8-9H2,1-3H3. The number of hydrogen-bond donors (Lipinski definition) is 1. The molecule has 0 radical (unpaired) electrons. The van der Waals surface area contributed by atoms with Crippen LogP contribution in [0.15, 0.2) is 34.1 Å². The summed E-state index contributed by atoms with van der Waals surface area (Å²) in [5, 5.41) is 7.11. The summed E-state index contributed by atoms with van der Waals surface area (Å²) in [6.45, 7) is 6.65. The second-order valence-electron chi connectivity index (χ2n) is 6.72. The first-order valence-electron chi connectivity index (χ1n) is 7.41. The number of rotatable bonds is 4. The summed E-state index contributed by atoms with van der Waals surface area (Å²) >= 11 is 5.45. The molecule has 1 atom stereocenters. The van der Waals surface area contributed by atoms with Gasteiger partial charge in [-0.25, -0.2) is 4.98 Å². The maximum absolute atomic E-state index is 4.92. The number of nitrogens with one attached hydrogen (secondary N) is 1. The quantitative estimate of drug-likeness (QED) is 0.821. The summed E-state index contributed by atoms with van der Waals surface area (Å²) in [6, 6.07) is 9.28. The van der Waals surface area contributed by atoms with Crippen LogP contribution in [0, 0.1) is 0 Å². The van der Waals surface area contributed by atoms with Crippen LogP contribution >= 0.6 is 27.3 Å². The number of benzene rings is 1. The van der Waals surface area contributed by atoms with Gasteiger partial charge in [-0.1, -0.05) is 54.9 Å². The van der Waals surface area contributed by atoms with Crippen LogP contribution in [0.25, 0.3) is 0 Å². The number of halogens is 1. The molecule has 1 aliphatic carbocycles. The van der Waals surface area contributed by atoms with Gasteiger partial charge < -0.3 is 5.32 Å². The van der Waals surface area contributed by atoms with Gasteiger partial charge in [0.1, 0.15) is 5.01 Å². The highest BCUT2D eigenvalue weighted by Gasteiger charge is 2.29. The zero-order valence-corrected chi connectivity index (χ0v) is 15.1. The molecule has 0 saturated heterocycles. The smallest absolute Gasteiger partial charge is 0.114 e. The van der Waals surface area contributed by atoms with Crippen molar-refractivity contribution in [2.45, 2.75) is 51.1 Å². The Labute approximate surface area is 139 Å². The van der Waals surface area contributed by atoms with Gasteiger partial charge in [-0.15, -0.1) is 11.3 Å². The van der Waals surface area contributed by atoms with Gasteiger partial charge in [-0.3, -0.25) is 0 Å². The molecule has 0 bridgehead atoms. The predicted molar refractivity (Wildman–Crippen MR) is 93.0 cm³/mol. The lowest BCUT2D eigenvalue weighted by Gasteiger charge is -2.19. The maximum Gasteiger partial charge on any atom is 0.114 e. The number of nitrogens with zero attached hydrogens (tertiary/aromatic N) is 1. The van der Waals surface area contributed by atoms with E-state index in [0.29, 0.717) is 6.04 Å². The van der Waals surface area contributed by atoms with Gasteiger partial charge in [0.15, 0.2) is 0 Å². The molecule has 1 heterocycles. The molecule has 1 fully saturated rings. The van der Waals surface area contributed by atoms with Crippen molar-refractivity contribution in [2.75, 3.05) is 0 Å². The van der Waals surface area contributed by atoms with Crippen LogP contribution in [0.3, 0.4) is 0 Å². The van der Waals surface area contributed by atoms with E-state index in [9.17, 15) is 0 Å². The van der Waals surface area contributed by atoms with Crippen LogP contribution in [-0.2, 0) is 5.41 Å². The molecule has 1 aromatic heterocycles. The normalized spacial score (nSPS) is 17.0. The van der Waals surface area contributed by atoms with E-state index in [2.05, 4.69) is 71.7 Å². The number of aromatic nitrogens is 1. The van der Waals surface area contributed by atoms with Gasteiger partial charge in [-0.2, -0.15) is 0 Å². The highest BCUT2D eigenvalue weighted by atomic mass is 79.9. The third kappa shape index (κ3) is 3.55. The maximum atomic E-state index is 4.92. The van der Waals surface area contributed by atoms with Crippen molar-refractivity contribution in [1.29, 1.82) is 0 Å². The van der Waals surface area contributed by atoms with Crippen LogP contribution in [0.5, 0.6) is 0 Å². The topological polar surface area (TPSA) is 24.9 Å². The van der Waals surface area contributed by atoms with Crippen LogP contribution in [0.4, 0.5) is 0 Å². The molecule has 1 aliphatic rings. The van der Waals surface area contributed by atoms with Crippen molar-refractivity contribution < 1.29 is 0 Å². The molecule has 1 N–H and O–H groups in total. The van der Waals surface area contributed by atoms with Crippen molar-refractivity contribution in [2.24, 2.45) is 0 Å². The molecule has 0 aliphatic heterocycles.